The van der Waals surface area contributed by atoms with E-state index in [9.17, 15) is 14.4 Å². The van der Waals surface area contributed by atoms with Gasteiger partial charge in [0.2, 0.25) is 11.1 Å². The van der Waals surface area contributed by atoms with Gasteiger partial charge < -0.3 is 16.4 Å². The first kappa shape index (κ1) is 30.7. The van der Waals surface area contributed by atoms with Gasteiger partial charge in [-0.25, -0.2) is 9.97 Å². The maximum absolute atomic E-state index is 13.0. The van der Waals surface area contributed by atoms with Crippen LogP contribution in [0.4, 0.5) is 11.4 Å². The molecule has 0 saturated carbocycles. The highest BCUT2D eigenvalue weighted by Crippen LogP contribution is 2.40. The molecule has 0 fully saturated rings. The van der Waals surface area contributed by atoms with Gasteiger partial charge in [-0.3, -0.25) is 14.4 Å². The minimum absolute atomic E-state index is 0.161. The Morgan fingerprint density at radius 2 is 1.62 bits per heavy atom. The highest BCUT2D eigenvalue weighted by molar-refractivity contribution is 9.09. The molecule has 0 aliphatic heterocycles. The van der Waals surface area contributed by atoms with Gasteiger partial charge in [0.25, 0.3) is 5.91 Å². The Morgan fingerprint density at radius 3 is 2.21 bits per heavy atom. The number of benzene rings is 2. The summed E-state index contributed by atoms with van der Waals surface area (Å²) in [6.07, 6.45) is 0. The predicted molar refractivity (Wildman–Crippen MR) is 167 cm³/mol. The highest BCUT2D eigenvalue weighted by Gasteiger charge is 2.25. The van der Waals surface area contributed by atoms with Crippen molar-refractivity contribution in [3.63, 3.8) is 0 Å². The third-order valence-corrected chi connectivity index (χ3v) is 7.53. The third-order valence-electron chi connectivity index (χ3n) is 4.96. The number of hydrogen-bond acceptors (Lipinski definition) is 7. The summed E-state index contributed by atoms with van der Waals surface area (Å²) in [5.41, 5.74) is 9.28. The number of carbonyl (C=O) groups is 3. The van der Waals surface area contributed by atoms with Crippen LogP contribution < -0.4 is 16.4 Å². The molecule has 204 valence electrons. The zero-order valence-electron chi connectivity index (χ0n) is 21.3. The number of nitrogen functional groups attached to an aromatic ring is 1. The van der Waals surface area contributed by atoms with E-state index < -0.39 is 5.54 Å². The van der Waals surface area contributed by atoms with Gasteiger partial charge in [-0.2, -0.15) is 0 Å². The van der Waals surface area contributed by atoms with Crippen LogP contribution in [0, 0.1) is 0 Å². The van der Waals surface area contributed by atoms with Crippen molar-refractivity contribution in [2.45, 2.75) is 26.3 Å². The topological polar surface area (TPSA) is 127 Å². The van der Waals surface area contributed by atoms with Gasteiger partial charge in [-0.1, -0.05) is 74.3 Å². The lowest BCUT2D eigenvalue weighted by molar-refractivity contribution is -0.113. The second kappa shape index (κ2) is 13.5. The Bertz CT molecular complexity index is 1510. The first-order valence-corrected chi connectivity index (χ1v) is 15.1. The summed E-state index contributed by atoms with van der Waals surface area (Å²) < 4.78 is 0. The SMILES string of the molecule is CC(C)(C)NC(=O)c1sc2nc(-c3ccccc3)nc(-c3cccc(NC(=O)CBr)c3)c2c1N.O=C(Cl)CBr. The number of thiophene rings is 1. The van der Waals surface area contributed by atoms with E-state index in [2.05, 4.69) is 42.5 Å². The lowest BCUT2D eigenvalue weighted by Crippen LogP contribution is -2.40. The minimum atomic E-state index is -0.411. The molecule has 0 radical (unpaired) electrons. The Kier molecular flexibility index (Phi) is 10.6. The quantitative estimate of drug-likeness (QED) is 0.154. The van der Waals surface area contributed by atoms with Gasteiger partial charge in [0, 0.05) is 22.4 Å². The smallest absolute Gasteiger partial charge is 0.263 e. The number of carbonyl (C=O) groups excluding carboxylic acids is 3. The molecule has 2 heterocycles. The number of rotatable bonds is 6. The summed E-state index contributed by atoms with van der Waals surface area (Å²) in [7, 11) is 0. The number of nitrogens with one attached hydrogen (secondary N) is 2. The zero-order chi connectivity index (χ0) is 28.7. The molecule has 0 unspecified atom stereocenters. The molecule has 4 rings (SSSR count). The van der Waals surface area contributed by atoms with Crippen LogP contribution >= 0.6 is 54.8 Å². The van der Waals surface area contributed by atoms with Gasteiger partial charge >= 0.3 is 0 Å². The monoisotopic (exact) mass is 693 g/mol. The Hall–Kier alpha value is -2.86. The van der Waals surface area contributed by atoms with E-state index in [4.69, 9.17) is 27.3 Å². The van der Waals surface area contributed by atoms with Gasteiger partial charge in [0.1, 0.15) is 9.71 Å². The first-order valence-electron chi connectivity index (χ1n) is 11.6. The number of amides is 2. The summed E-state index contributed by atoms with van der Waals surface area (Å²) in [6, 6.07) is 17.0. The van der Waals surface area contributed by atoms with E-state index in [-0.39, 0.29) is 27.7 Å². The summed E-state index contributed by atoms with van der Waals surface area (Å²) in [6.45, 7) is 5.75. The lowest BCUT2D eigenvalue weighted by Gasteiger charge is -2.20. The van der Waals surface area contributed by atoms with Crippen LogP contribution in [0.3, 0.4) is 0 Å². The maximum Gasteiger partial charge on any atom is 0.263 e. The van der Waals surface area contributed by atoms with Crippen molar-refractivity contribution in [1.82, 2.24) is 15.3 Å². The van der Waals surface area contributed by atoms with Crippen molar-refractivity contribution in [1.29, 1.82) is 0 Å². The van der Waals surface area contributed by atoms with Crippen LogP contribution in [-0.4, -0.2) is 43.2 Å². The lowest BCUT2D eigenvalue weighted by atomic mass is 10.1. The Balaban J connectivity index is 0.000000771. The molecule has 4 aromatic rings. The van der Waals surface area contributed by atoms with Crippen LogP contribution in [0.2, 0.25) is 0 Å². The van der Waals surface area contributed by atoms with Crippen molar-refractivity contribution >= 4 is 93.4 Å². The van der Waals surface area contributed by atoms with E-state index in [1.54, 1.807) is 6.07 Å². The standard InChI is InChI=1S/C25H24BrN5O2S.C2H2BrClO/c1-25(2,3)31-23(33)21-19(27)18-20(15-10-7-11-16(12-15)28-17(32)13-26)29-22(30-24(18)34-21)14-8-5-4-6-9-14;3-1-2(4)5/h4-12H,13,27H2,1-3H3,(H,28,32)(H,31,33);1H2. The molecule has 4 N–H and O–H groups in total. The number of halogens is 3. The molecule has 0 spiro atoms. The number of anilines is 2. The van der Waals surface area contributed by atoms with E-state index in [0.717, 1.165) is 11.1 Å². The number of alkyl halides is 2. The van der Waals surface area contributed by atoms with Gasteiger partial charge in [0.15, 0.2) is 5.82 Å². The molecule has 39 heavy (non-hydrogen) atoms. The number of nitrogens with zero attached hydrogens (tertiary/aromatic N) is 2. The molecular formula is C27H26Br2ClN5O3S. The van der Waals surface area contributed by atoms with Crippen LogP contribution in [0.1, 0.15) is 30.4 Å². The molecule has 2 aromatic heterocycles. The van der Waals surface area contributed by atoms with Gasteiger partial charge in [-0.05, 0) is 44.5 Å². The zero-order valence-corrected chi connectivity index (χ0v) is 26.1. The van der Waals surface area contributed by atoms with Crippen molar-refractivity contribution in [3.05, 3.63) is 59.5 Å². The molecule has 2 aromatic carbocycles. The van der Waals surface area contributed by atoms with Crippen molar-refractivity contribution < 1.29 is 14.4 Å². The van der Waals surface area contributed by atoms with E-state index in [0.29, 0.717) is 38.0 Å². The van der Waals surface area contributed by atoms with Crippen LogP contribution in [-0.2, 0) is 9.59 Å². The average molecular weight is 696 g/mol. The fourth-order valence-corrected chi connectivity index (χ4v) is 4.58. The van der Waals surface area contributed by atoms with E-state index in [1.165, 1.54) is 11.3 Å². The van der Waals surface area contributed by atoms with Crippen LogP contribution in [0.25, 0.3) is 32.9 Å². The number of aromatic nitrogens is 2. The summed E-state index contributed by atoms with van der Waals surface area (Å²) in [4.78, 5) is 45.0. The van der Waals surface area contributed by atoms with Gasteiger partial charge in [0.05, 0.1) is 27.4 Å². The number of hydrogen-bond donors (Lipinski definition) is 3. The average Bonchev–Trinajstić information content (AvgIpc) is 3.24. The number of fused-ring (bicyclic) bond motifs is 1. The summed E-state index contributed by atoms with van der Waals surface area (Å²) in [5.74, 6) is 0.117. The molecular weight excluding hydrogens is 670 g/mol. The fourth-order valence-electron chi connectivity index (χ4n) is 3.45. The molecule has 0 bridgehead atoms. The molecule has 0 aliphatic carbocycles. The van der Waals surface area contributed by atoms with Crippen LogP contribution in [0.15, 0.2) is 54.6 Å². The normalized spacial score (nSPS) is 10.9. The van der Waals surface area contributed by atoms with Crippen molar-refractivity contribution in [3.8, 4) is 22.6 Å². The fraction of sp³-hybridized carbons (Fsp3) is 0.222. The predicted octanol–water partition coefficient (Wildman–Crippen LogP) is 6.62. The molecule has 2 amide bonds. The Labute approximate surface area is 252 Å². The molecule has 0 saturated heterocycles. The molecule has 8 nitrogen and oxygen atoms in total. The number of nitrogens with two attached hydrogens (primary N) is 1. The summed E-state index contributed by atoms with van der Waals surface area (Å²) >= 11 is 12.0. The second-order valence-corrected chi connectivity index (χ2v) is 11.8. The van der Waals surface area contributed by atoms with E-state index >= 15 is 0 Å². The highest BCUT2D eigenvalue weighted by atomic mass is 79.9. The largest absolute Gasteiger partial charge is 0.397 e. The van der Waals surface area contributed by atoms with Gasteiger partial charge in [-0.15, -0.1) is 11.3 Å². The molecule has 0 aliphatic rings. The second-order valence-electron chi connectivity index (χ2n) is 9.24. The summed E-state index contributed by atoms with van der Waals surface area (Å²) in [5, 5.41) is 6.51. The maximum atomic E-state index is 13.0. The molecule has 12 heteroatoms. The van der Waals surface area contributed by atoms with Crippen molar-refractivity contribution in [2.75, 3.05) is 21.7 Å². The third kappa shape index (κ3) is 8.31. The minimum Gasteiger partial charge on any atom is -0.397 e. The van der Waals surface area contributed by atoms with Crippen LogP contribution in [0.5, 0.6) is 0 Å². The Morgan fingerprint density at radius 1 is 0.974 bits per heavy atom. The van der Waals surface area contributed by atoms with Crippen molar-refractivity contribution in [2.24, 2.45) is 0 Å². The van der Waals surface area contributed by atoms with E-state index in [1.807, 2.05) is 69.3 Å². The first-order chi connectivity index (χ1) is 18.4. The molecule has 0 atom stereocenters.